The predicted octanol–water partition coefficient (Wildman–Crippen LogP) is 1.61. The van der Waals surface area contributed by atoms with Gasteiger partial charge in [-0.3, -0.25) is 0 Å². The number of aliphatic hydroxyl groups is 2. The van der Waals surface area contributed by atoms with Gasteiger partial charge in [-0.2, -0.15) is 0 Å². The molecule has 4 heteroatoms. The second-order valence-corrected chi connectivity index (χ2v) is 6.71. The summed E-state index contributed by atoms with van der Waals surface area (Å²) in [6.07, 6.45) is 7.19. The summed E-state index contributed by atoms with van der Waals surface area (Å²) in [5.74, 6) is 0.475. The number of hydrogen-bond acceptors (Lipinski definition) is 4. The van der Waals surface area contributed by atoms with Gasteiger partial charge in [0, 0.05) is 11.8 Å². The van der Waals surface area contributed by atoms with E-state index in [-0.39, 0.29) is 30.5 Å². The molecule has 2 aliphatic heterocycles. The summed E-state index contributed by atoms with van der Waals surface area (Å²) >= 11 is 0. The van der Waals surface area contributed by atoms with E-state index in [0.717, 1.165) is 25.7 Å². The molecule has 2 heterocycles. The molecule has 6 atom stereocenters. The lowest BCUT2D eigenvalue weighted by atomic mass is 9.63. The summed E-state index contributed by atoms with van der Waals surface area (Å²) in [6.45, 7) is 4.14. The van der Waals surface area contributed by atoms with Crippen LogP contribution in [0.4, 0.5) is 0 Å². The predicted molar refractivity (Wildman–Crippen MR) is 70.4 cm³/mol. The molecular weight excluding hydrogens is 244 g/mol. The van der Waals surface area contributed by atoms with Crippen LogP contribution in [0.15, 0.2) is 12.2 Å². The molecule has 2 bridgehead atoms. The lowest BCUT2D eigenvalue weighted by Crippen LogP contribution is -2.57. The normalized spacial score (nSPS) is 53.5. The molecular formula is C15H24O4. The summed E-state index contributed by atoms with van der Waals surface area (Å²) in [7, 11) is 0. The van der Waals surface area contributed by atoms with Crippen LogP contribution in [-0.4, -0.2) is 40.9 Å². The van der Waals surface area contributed by atoms with Crippen molar-refractivity contribution in [3.63, 3.8) is 0 Å². The van der Waals surface area contributed by atoms with Gasteiger partial charge in [0.05, 0.1) is 24.4 Å². The van der Waals surface area contributed by atoms with Crippen LogP contribution in [-0.2, 0) is 9.47 Å². The maximum Gasteiger partial charge on any atom is 0.167 e. The van der Waals surface area contributed by atoms with E-state index in [4.69, 9.17) is 9.47 Å². The van der Waals surface area contributed by atoms with Gasteiger partial charge in [0.25, 0.3) is 0 Å². The van der Waals surface area contributed by atoms with Crippen LogP contribution < -0.4 is 0 Å². The Hall–Kier alpha value is -0.420. The van der Waals surface area contributed by atoms with Crippen LogP contribution in [0.3, 0.4) is 0 Å². The minimum atomic E-state index is -0.715. The van der Waals surface area contributed by atoms with Crippen molar-refractivity contribution in [2.75, 3.05) is 6.61 Å². The van der Waals surface area contributed by atoms with E-state index in [1.807, 2.05) is 13.0 Å². The van der Waals surface area contributed by atoms with Crippen molar-refractivity contribution >= 4 is 0 Å². The Kier molecular flexibility index (Phi) is 3.25. The second-order valence-electron chi connectivity index (χ2n) is 6.71. The minimum Gasteiger partial charge on any atom is -0.394 e. The number of aliphatic hydroxyl groups excluding tert-OH is 1. The first kappa shape index (κ1) is 13.6. The Morgan fingerprint density at radius 3 is 2.63 bits per heavy atom. The topological polar surface area (TPSA) is 58.9 Å². The van der Waals surface area contributed by atoms with E-state index in [2.05, 4.69) is 13.0 Å². The molecule has 1 aliphatic carbocycles. The van der Waals surface area contributed by atoms with E-state index in [0.29, 0.717) is 5.92 Å². The molecule has 108 valence electrons. The van der Waals surface area contributed by atoms with Gasteiger partial charge < -0.3 is 19.7 Å². The number of hydrogen-bond donors (Lipinski definition) is 2. The number of ether oxygens (including phenoxy) is 2. The molecule has 0 radical (unpaired) electrons. The van der Waals surface area contributed by atoms with Gasteiger partial charge in [-0.15, -0.1) is 0 Å². The highest BCUT2D eigenvalue weighted by Gasteiger charge is 2.53. The Bertz CT molecular complexity index is 376. The molecule has 3 rings (SSSR count). The average Bonchev–Trinajstić information content (AvgIpc) is 2.37. The van der Waals surface area contributed by atoms with Crippen LogP contribution in [0, 0.1) is 11.3 Å². The van der Waals surface area contributed by atoms with Crippen LogP contribution in [0.5, 0.6) is 0 Å². The molecule has 0 unspecified atom stereocenters. The van der Waals surface area contributed by atoms with E-state index < -0.39 is 5.60 Å². The Balaban J connectivity index is 1.88. The van der Waals surface area contributed by atoms with Crippen molar-refractivity contribution in [3.8, 4) is 0 Å². The lowest BCUT2D eigenvalue weighted by Gasteiger charge is -2.54. The Labute approximate surface area is 114 Å². The van der Waals surface area contributed by atoms with Crippen LogP contribution in [0.25, 0.3) is 0 Å². The maximum absolute atomic E-state index is 10.1. The van der Waals surface area contributed by atoms with Gasteiger partial charge in [0.2, 0.25) is 0 Å². The van der Waals surface area contributed by atoms with Gasteiger partial charge >= 0.3 is 0 Å². The van der Waals surface area contributed by atoms with Crippen molar-refractivity contribution < 1.29 is 19.7 Å². The third-order valence-corrected chi connectivity index (χ3v) is 5.15. The first-order valence-electron chi connectivity index (χ1n) is 7.30. The molecule has 0 aromatic rings. The van der Waals surface area contributed by atoms with E-state index in [9.17, 15) is 10.2 Å². The van der Waals surface area contributed by atoms with Crippen molar-refractivity contribution in [3.05, 3.63) is 12.2 Å². The van der Waals surface area contributed by atoms with Crippen molar-refractivity contribution in [1.82, 2.24) is 0 Å². The largest absolute Gasteiger partial charge is 0.394 e. The summed E-state index contributed by atoms with van der Waals surface area (Å²) in [5.41, 5.74) is -0.862. The van der Waals surface area contributed by atoms with Crippen molar-refractivity contribution in [2.24, 2.45) is 11.3 Å². The number of rotatable bonds is 1. The smallest absolute Gasteiger partial charge is 0.167 e. The molecule has 19 heavy (non-hydrogen) atoms. The van der Waals surface area contributed by atoms with Gasteiger partial charge in [-0.1, -0.05) is 19.1 Å². The molecule has 1 spiro atoms. The zero-order valence-electron chi connectivity index (χ0n) is 11.7. The third kappa shape index (κ3) is 2.25. The lowest BCUT2D eigenvalue weighted by molar-refractivity contribution is -0.320. The maximum atomic E-state index is 10.1. The molecule has 3 aliphatic rings. The minimum absolute atomic E-state index is 0.0578. The second kappa shape index (κ2) is 4.55. The zero-order chi connectivity index (χ0) is 13.7. The first-order chi connectivity index (χ1) is 8.95. The zero-order valence-corrected chi connectivity index (χ0v) is 11.7. The third-order valence-electron chi connectivity index (χ3n) is 5.15. The van der Waals surface area contributed by atoms with E-state index >= 15 is 0 Å². The Morgan fingerprint density at radius 1 is 1.21 bits per heavy atom. The summed E-state index contributed by atoms with van der Waals surface area (Å²) in [6, 6.07) is 0. The summed E-state index contributed by atoms with van der Waals surface area (Å²) in [5, 5.41) is 19.4. The van der Waals surface area contributed by atoms with Crippen molar-refractivity contribution in [1.29, 1.82) is 0 Å². The fourth-order valence-corrected chi connectivity index (χ4v) is 3.73. The van der Waals surface area contributed by atoms with Crippen molar-refractivity contribution in [2.45, 2.75) is 63.6 Å². The van der Waals surface area contributed by atoms with E-state index in [1.54, 1.807) is 0 Å². The highest BCUT2D eigenvalue weighted by atomic mass is 16.7. The molecule has 0 amide bonds. The fourth-order valence-electron chi connectivity index (χ4n) is 3.73. The number of fused-ring (bicyclic) bond motifs is 3. The SMILES string of the molecule is C[C@H]1C[C@H]2C[C@@H](CO)O[C@H](O2)[C@]12C=C[C@@](C)(O)CC2. The summed E-state index contributed by atoms with van der Waals surface area (Å²) < 4.78 is 12.0. The van der Waals surface area contributed by atoms with Gasteiger partial charge in [0.1, 0.15) is 0 Å². The van der Waals surface area contributed by atoms with Gasteiger partial charge in [0.15, 0.2) is 6.29 Å². The van der Waals surface area contributed by atoms with Crippen LogP contribution in [0.2, 0.25) is 0 Å². The quantitative estimate of drug-likeness (QED) is 0.709. The highest BCUT2D eigenvalue weighted by Crippen LogP contribution is 2.52. The molecule has 2 N–H and O–H groups in total. The molecule has 4 nitrogen and oxygen atoms in total. The molecule has 2 fully saturated rings. The molecule has 0 aromatic carbocycles. The van der Waals surface area contributed by atoms with Crippen LogP contribution >= 0.6 is 0 Å². The highest BCUT2D eigenvalue weighted by molar-refractivity contribution is 5.16. The van der Waals surface area contributed by atoms with Crippen LogP contribution in [0.1, 0.15) is 39.5 Å². The van der Waals surface area contributed by atoms with Gasteiger partial charge in [-0.05, 0) is 32.1 Å². The molecule has 0 saturated carbocycles. The monoisotopic (exact) mass is 268 g/mol. The summed E-state index contributed by atoms with van der Waals surface area (Å²) in [4.78, 5) is 0. The Morgan fingerprint density at radius 2 is 2.00 bits per heavy atom. The molecule has 2 saturated heterocycles. The van der Waals surface area contributed by atoms with E-state index in [1.165, 1.54) is 0 Å². The van der Waals surface area contributed by atoms with Gasteiger partial charge in [-0.25, -0.2) is 0 Å². The first-order valence-corrected chi connectivity index (χ1v) is 7.30. The fraction of sp³-hybridized carbons (Fsp3) is 0.867. The molecule has 0 aromatic heterocycles. The average molecular weight is 268 g/mol. The standard InChI is InChI=1S/C15H24O4/c1-10-7-11-8-12(9-16)19-13(18-11)15(10)5-3-14(2,17)4-6-15/h3,5,10-13,16-17H,4,6-9H2,1-2H3/t10-,11-,12-,13-,14+,15-/m0/s1.